The van der Waals surface area contributed by atoms with Crippen molar-refractivity contribution in [2.75, 3.05) is 0 Å². The second-order valence-corrected chi connectivity index (χ2v) is 15.7. The maximum absolute atomic E-state index is 10.3. The predicted molar refractivity (Wildman–Crippen MR) is 266 cm³/mol. The van der Waals surface area contributed by atoms with Crippen molar-refractivity contribution in [2.45, 2.75) is 0 Å². The summed E-state index contributed by atoms with van der Waals surface area (Å²) < 4.78 is 2.08. The minimum Gasteiger partial charge on any atom is -0.308 e. The SMILES string of the molecule is [C-]#[N+]c1cc([N+]#[C-])cc(-c2cc(-c3nc(-c4ccccc4)nc(-c4ccccc4)n3)cc(-c3cc(C#N)cc(C#N)c3)c2-n2c3ccccc3c3cc(-c4c(C#N)cc([N+]#[C-])cc4[N+]#[C-])ccc32)c1. The highest BCUT2D eigenvalue weighted by molar-refractivity contribution is 6.12. The van der Waals surface area contributed by atoms with E-state index in [9.17, 15) is 15.8 Å². The van der Waals surface area contributed by atoms with E-state index in [0.29, 0.717) is 62.1 Å². The third-order valence-corrected chi connectivity index (χ3v) is 11.7. The van der Waals surface area contributed by atoms with E-state index in [1.165, 1.54) is 24.3 Å². The van der Waals surface area contributed by atoms with Crippen LogP contribution in [0.15, 0.2) is 164 Å². The summed E-state index contributed by atoms with van der Waals surface area (Å²) in [6.07, 6.45) is 0. The van der Waals surface area contributed by atoms with Crippen molar-refractivity contribution in [1.82, 2.24) is 19.5 Å². The molecule has 0 atom stereocenters. The van der Waals surface area contributed by atoms with E-state index in [2.05, 4.69) is 42.2 Å². The summed E-state index contributed by atoms with van der Waals surface area (Å²) in [5.41, 5.74) is 8.92. The topological polar surface area (TPSA) is 132 Å². The third kappa shape index (κ3) is 7.56. The van der Waals surface area contributed by atoms with E-state index in [1.807, 2.05) is 115 Å². The first kappa shape index (κ1) is 42.0. The number of para-hydroxylation sites is 1. The molecule has 69 heavy (non-hydrogen) atoms. The van der Waals surface area contributed by atoms with E-state index in [1.54, 1.807) is 24.3 Å². The molecule has 11 heteroatoms. The Morgan fingerprint density at radius 3 is 1.48 bits per heavy atom. The number of aromatic nitrogens is 4. The summed E-state index contributed by atoms with van der Waals surface area (Å²) in [6.45, 7) is 31.8. The van der Waals surface area contributed by atoms with E-state index in [0.717, 1.165) is 32.9 Å². The fourth-order valence-electron chi connectivity index (χ4n) is 8.70. The summed E-state index contributed by atoms with van der Waals surface area (Å²) in [5, 5.41) is 32.6. The fraction of sp³-hybridized carbons (Fsp3) is 0. The zero-order valence-corrected chi connectivity index (χ0v) is 36.0. The van der Waals surface area contributed by atoms with Crippen LogP contribution in [0.25, 0.3) is 114 Å². The lowest BCUT2D eigenvalue weighted by Crippen LogP contribution is -2.04. The van der Waals surface area contributed by atoms with Crippen LogP contribution in [0.4, 0.5) is 22.7 Å². The first-order valence-electron chi connectivity index (χ1n) is 21.1. The molecule has 10 aromatic rings. The Labute approximate surface area is 395 Å². The molecule has 0 saturated heterocycles. The van der Waals surface area contributed by atoms with Crippen molar-refractivity contribution < 1.29 is 0 Å². The lowest BCUT2D eigenvalue weighted by molar-refractivity contribution is 1.07. The molecule has 11 nitrogen and oxygen atoms in total. The highest BCUT2D eigenvalue weighted by Gasteiger charge is 2.25. The van der Waals surface area contributed by atoms with Crippen LogP contribution in [0.3, 0.4) is 0 Å². The van der Waals surface area contributed by atoms with Gasteiger partial charge in [-0.3, -0.25) is 0 Å². The molecule has 0 aliphatic carbocycles. The van der Waals surface area contributed by atoms with Gasteiger partial charge in [0.05, 0.1) is 72.3 Å². The van der Waals surface area contributed by atoms with Crippen molar-refractivity contribution in [2.24, 2.45) is 0 Å². The molecule has 314 valence electrons. The van der Waals surface area contributed by atoms with Gasteiger partial charge in [0.1, 0.15) is 0 Å². The average Bonchev–Trinajstić information content (AvgIpc) is 3.75. The molecular weight excluding hydrogens is 851 g/mol. The summed E-state index contributed by atoms with van der Waals surface area (Å²) in [5.74, 6) is 1.18. The molecule has 0 amide bonds. The summed E-state index contributed by atoms with van der Waals surface area (Å²) in [4.78, 5) is 29.9. The van der Waals surface area contributed by atoms with Gasteiger partial charge in [0, 0.05) is 49.7 Å². The Hall–Kier alpha value is -11.0. The Morgan fingerprint density at radius 2 is 0.928 bits per heavy atom. The zero-order chi connectivity index (χ0) is 47.6. The maximum atomic E-state index is 10.3. The van der Waals surface area contributed by atoms with E-state index < -0.39 is 0 Å². The van der Waals surface area contributed by atoms with Gasteiger partial charge < -0.3 is 4.57 Å². The van der Waals surface area contributed by atoms with E-state index in [-0.39, 0.29) is 39.4 Å². The molecule has 0 spiro atoms. The van der Waals surface area contributed by atoms with E-state index in [4.69, 9.17) is 41.2 Å². The van der Waals surface area contributed by atoms with Gasteiger partial charge in [0.15, 0.2) is 40.2 Å². The number of benzene rings is 8. The Balaban J connectivity index is 1.37. The monoisotopic (exact) mass is 877 g/mol. The molecule has 0 radical (unpaired) electrons. The Bertz CT molecular complexity index is 3850. The van der Waals surface area contributed by atoms with Gasteiger partial charge in [-0.05, 0) is 71.3 Å². The number of nitriles is 3. The molecule has 0 aliphatic heterocycles. The minimum atomic E-state index is 0.174. The van der Waals surface area contributed by atoms with Gasteiger partial charge >= 0.3 is 0 Å². The molecule has 0 saturated carbocycles. The normalized spacial score (nSPS) is 10.5. The van der Waals surface area contributed by atoms with Crippen molar-refractivity contribution in [3.8, 4) is 91.4 Å². The van der Waals surface area contributed by atoms with Crippen LogP contribution in [0.1, 0.15) is 16.7 Å². The molecule has 0 fully saturated rings. The third-order valence-electron chi connectivity index (χ3n) is 11.7. The lowest BCUT2D eigenvalue weighted by atomic mass is 9.90. The van der Waals surface area contributed by atoms with Crippen LogP contribution in [-0.2, 0) is 0 Å². The maximum Gasteiger partial charge on any atom is 0.186 e. The molecule has 2 heterocycles. The van der Waals surface area contributed by atoms with Crippen molar-refractivity contribution in [1.29, 1.82) is 15.8 Å². The standard InChI is InChI=1S/C58H27N11/c1-62-44-24-41(25-45(30-44)63-2)49-29-42(58-67-56(37-13-7-5-8-14-37)66-57(68-58)38-15-9-6-10-16-38)28-48(40-22-35(32-59)21-36(23-40)33-60)55(49)69-52-18-12-11-17-47(52)50-27-39(19-20-53(50)69)54-43(34-61)26-46(64-3)31-51(54)65-4/h5-31H. The van der Waals surface area contributed by atoms with Crippen LogP contribution in [0.2, 0.25) is 0 Å². The zero-order valence-electron chi connectivity index (χ0n) is 36.0. The lowest BCUT2D eigenvalue weighted by Gasteiger charge is -2.22. The van der Waals surface area contributed by atoms with Crippen LogP contribution in [0.5, 0.6) is 0 Å². The van der Waals surface area contributed by atoms with Gasteiger partial charge in [-0.15, -0.1) is 0 Å². The second-order valence-electron chi connectivity index (χ2n) is 15.7. The first-order chi connectivity index (χ1) is 33.8. The molecule has 2 aromatic heterocycles. The Morgan fingerprint density at radius 1 is 0.406 bits per heavy atom. The number of rotatable bonds is 7. The van der Waals surface area contributed by atoms with Gasteiger partial charge in [-0.2, -0.15) is 15.8 Å². The van der Waals surface area contributed by atoms with Gasteiger partial charge in [0.25, 0.3) is 0 Å². The molecule has 0 N–H and O–H groups in total. The number of fused-ring (bicyclic) bond motifs is 3. The summed E-state index contributed by atoms with van der Waals surface area (Å²) >= 11 is 0. The molecule has 0 unspecified atom stereocenters. The Kier molecular flexibility index (Phi) is 10.7. The molecule has 0 bridgehead atoms. The highest BCUT2D eigenvalue weighted by atomic mass is 15.0. The van der Waals surface area contributed by atoms with Crippen molar-refractivity contribution in [3.05, 3.63) is 226 Å². The van der Waals surface area contributed by atoms with E-state index >= 15 is 0 Å². The quantitative estimate of drug-likeness (QED) is 0.146. The number of nitrogens with zero attached hydrogens (tertiary/aromatic N) is 11. The molecular formula is C58H27N11. The molecule has 8 aromatic carbocycles. The molecule has 10 rings (SSSR count). The first-order valence-corrected chi connectivity index (χ1v) is 21.1. The number of hydrogen-bond acceptors (Lipinski definition) is 6. The van der Waals surface area contributed by atoms with Crippen molar-refractivity contribution in [3.63, 3.8) is 0 Å². The van der Waals surface area contributed by atoms with Crippen molar-refractivity contribution >= 4 is 44.6 Å². The average molecular weight is 878 g/mol. The molecule has 0 aliphatic rings. The van der Waals surface area contributed by atoms with Crippen LogP contribution >= 0.6 is 0 Å². The van der Waals surface area contributed by atoms with Crippen LogP contribution < -0.4 is 0 Å². The largest absolute Gasteiger partial charge is 0.308 e. The highest BCUT2D eigenvalue weighted by Crippen LogP contribution is 2.47. The van der Waals surface area contributed by atoms with Gasteiger partial charge in [0.2, 0.25) is 0 Å². The van der Waals surface area contributed by atoms with Gasteiger partial charge in [-0.1, -0.05) is 109 Å². The van der Waals surface area contributed by atoms with Gasteiger partial charge in [-0.25, -0.2) is 34.3 Å². The smallest absolute Gasteiger partial charge is 0.186 e. The van der Waals surface area contributed by atoms with Crippen LogP contribution in [0, 0.1) is 60.3 Å². The summed E-state index contributed by atoms with van der Waals surface area (Å²) in [6, 6.07) is 56.1. The van der Waals surface area contributed by atoms with Crippen LogP contribution in [-0.4, -0.2) is 19.5 Å². The fourth-order valence-corrected chi connectivity index (χ4v) is 8.70. The minimum absolute atomic E-state index is 0.174. The number of hydrogen-bond donors (Lipinski definition) is 0. The summed E-state index contributed by atoms with van der Waals surface area (Å²) in [7, 11) is 0. The predicted octanol–water partition coefficient (Wildman–Crippen LogP) is 14.8. The second kappa shape index (κ2) is 17.5.